The van der Waals surface area contributed by atoms with Crippen LogP contribution < -0.4 is 0 Å². The topological polar surface area (TPSA) is 61.4 Å². The number of hydrogen-bond donors (Lipinski definition) is 0. The van der Waals surface area contributed by atoms with Gasteiger partial charge in [0.15, 0.2) is 5.82 Å². The summed E-state index contributed by atoms with van der Waals surface area (Å²) in [5.74, 6) is 1.18. The maximum Gasteiger partial charge on any atom is 0.251 e. The zero-order chi connectivity index (χ0) is 16.0. The van der Waals surface area contributed by atoms with Crippen molar-refractivity contribution in [1.29, 1.82) is 0 Å². The molecule has 4 rings (SSSR count). The van der Waals surface area contributed by atoms with E-state index in [1.807, 2.05) is 20.0 Å². The number of aromatic nitrogens is 6. The lowest BCUT2D eigenvalue weighted by Crippen LogP contribution is -2.01. The molecule has 0 atom stereocenters. The Morgan fingerprint density at radius 3 is 2.65 bits per heavy atom. The third-order valence-electron chi connectivity index (χ3n) is 3.66. The van der Waals surface area contributed by atoms with Gasteiger partial charge in [0.25, 0.3) is 5.95 Å². The molecule has 0 aliphatic rings. The number of halogens is 1. The Hall–Kier alpha value is -2.29. The van der Waals surface area contributed by atoms with Crippen LogP contribution in [0.25, 0.3) is 28.2 Å². The quantitative estimate of drug-likeness (QED) is 0.472. The fourth-order valence-corrected chi connectivity index (χ4v) is 3.33. The Balaban J connectivity index is 1.76. The summed E-state index contributed by atoms with van der Waals surface area (Å²) in [5, 5.41) is 5.70. The van der Waals surface area contributed by atoms with E-state index in [0.29, 0.717) is 11.8 Å². The molecular weight excluding hydrogens is 403 g/mol. The van der Waals surface area contributed by atoms with Crippen LogP contribution in [-0.4, -0.2) is 29.3 Å². The average molecular weight is 416 g/mol. The van der Waals surface area contributed by atoms with Crippen LogP contribution in [0.15, 0.2) is 43.1 Å². The van der Waals surface area contributed by atoms with Crippen LogP contribution >= 0.6 is 22.6 Å². The van der Waals surface area contributed by atoms with Crippen molar-refractivity contribution < 1.29 is 0 Å². The van der Waals surface area contributed by atoms with Crippen molar-refractivity contribution in [2.45, 2.75) is 6.92 Å². The van der Waals surface area contributed by atoms with Gasteiger partial charge in [-0.3, -0.25) is 0 Å². The van der Waals surface area contributed by atoms with Gasteiger partial charge in [-0.05, 0) is 53.3 Å². The molecule has 0 bridgehead atoms. The van der Waals surface area contributed by atoms with Crippen molar-refractivity contribution in [3.05, 3.63) is 52.3 Å². The normalized spacial score (nSPS) is 11.3. The van der Waals surface area contributed by atoms with Crippen molar-refractivity contribution >= 4 is 33.5 Å². The van der Waals surface area contributed by atoms with Crippen LogP contribution in [0.1, 0.15) is 5.56 Å². The van der Waals surface area contributed by atoms with Crippen LogP contribution in [0.5, 0.6) is 0 Å². The first-order chi connectivity index (χ1) is 11.1. The van der Waals surface area contributed by atoms with Crippen LogP contribution in [0.4, 0.5) is 0 Å². The average Bonchev–Trinajstić information content (AvgIpc) is 3.14. The number of hydrogen-bond acceptors (Lipinski definition) is 4. The molecule has 1 aromatic carbocycles. The molecule has 114 valence electrons. The second kappa shape index (κ2) is 5.41. The highest BCUT2D eigenvalue weighted by atomic mass is 127. The molecule has 3 aromatic heterocycles. The summed E-state index contributed by atoms with van der Waals surface area (Å²) < 4.78 is 4.92. The third kappa shape index (κ3) is 2.50. The first kappa shape index (κ1) is 14.3. The third-order valence-corrected chi connectivity index (χ3v) is 4.52. The minimum absolute atomic E-state index is 0.518. The van der Waals surface area contributed by atoms with Crippen molar-refractivity contribution in [1.82, 2.24) is 29.3 Å². The lowest BCUT2D eigenvalue weighted by Gasteiger charge is -2.00. The zero-order valence-corrected chi connectivity index (χ0v) is 14.8. The molecule has 0 N–H and O–H groups in total. The van der Waals surface area contributed by atoms with Gasteiger partial charge < -0.3 is 4.57 Å². The monoisotopic (exact) mass is 416 g/mol. The summed E-state index contributed by atoms with van der Waals surface area (Å²) in [5.41, 5.74) is 3.19. The smallest absolute Gasteiger partial charge is 0.251 e. The van der Waals surface area contributed by atoms with Gasteiger partial charge in [-0.25, -0.2) is 15.0 Å². The Labute approximate surface area is 146 Å². The van der Waals surface area contributed by atoms with Gasteiger partial charge in [0, 0.05) is 45.7 Å². The van der Waals surface area contributed by atoms with Gasteiger partial charge in [-0.1, -0.05) is 0 Å². The van der Waals surface area contributed by atoms with Crippen molar-refractivity contribution in [2.75, 3.05) is 0 Å². The Morgan fingerprint density at radius 1 is 1.09 bits per heavy atom. The van der Waals surface area contributed by atoms with Gasteiger partial charge in [-0.2, -0.15) is 4.68 Å². The van der Waals surface area contributed by atoms with Crippen LogP contribution in [0.2, 0.25) is 0 Å². The van der Waals surface area contributed by atoms with Crippen molar-refractivity contribution in [3.8, 4) is 17.3 Å². The van der Waals surface area contributed by atoms with E-state index in [1.165, 1.54) is 14.5 Å². The Morgan fingerprint density at radius 2 is 1.87 bits per heavy atom. The summed E-state index contributed by atoms with van der Waals surface area (Å²) >= 11 is 2.35. The maximum atomic E-state index is 4.49. The lowest BCUT2D eigenvalue weighted by atomic mass is 10.1. The lowest BCUT2D eigenvalue weighted by molar-refractivity contribution is 0.806. The molecule has 6 nitrogen and oxygen atoms in total. The largest absolute Gasteiger partial charge is 0.349 e. The van der Waals surface area contributed by atoms with Gasteiger partial charge in [0.1, 0.15) is 6.33 Å². The molecule has 4 aromatic rings. The van der Waals surface area contributed by atoms with Crippen LogP contribution in [0, 0.1) is 10.5 Å². The SMILES string of the molecule is Cc1cnc(-n2cnc(-c3ccc4c(c3)c(I)cn4C)n2)nc1. The van der Waals surface area contributed by atoms with Crippen molar-refractivity contribution in [2.24, 2.45) is 7.05 Å². The van der Waals surface area contributed by atoms with Gasteiger partial charge >= 0.3 is 0 Å². The van der Waals surface area contributed by atoms with Crippen LogP contribution in [-0.2, 0) is 7.05 Å². The second-order valence-corrected chi connectivity index (χ2v) is 6.56. The predicted octanol–water partition coefficient (Wildman–Crippen LogP) is 3.13. The molecule has 0 aliphatic carbocycles. The molecule has 0 fully saturated rings. The molecule has 0 amide bonds. The summed E-state index contributed by atoms with van der Waals surface area (Å²) in [6, 6.07) is 6.25. The first-order valence-corrected chi connectivity index (χ1v) is 8.15. The molecular formula is C16H13IN6. The minimum Gasteiger partial charge on any atom is -0.349 e. The molecule has 0 aliphatic heterocycles. The highest BCUT2D eigenvalue weighted by molar-refractivity contribution is 14.1. The fourth-order valence-electron chi connectivity index (χ4n) is 2.48. The fraction of sp³-hybridized carbons (Fsp3) is 0.125. The molecule has 7 heteroatoms. The number of benzene rings is 1. The number of nitrogens with zero attached hydrogens (tertiary/aromatic N) is 6. The standard InChI is InChI=1S/C16H13IN6/c1-10-6-18-16(19-7-10)23-9-20-15(21-23)11-3-4-14-12(5-11)13(17)8-22(14)2/h3-9H,1-2H3. The number of rotatable bonds is 2. The molecule has 3 heterocycles. The molecule has 23 heavy (non-hydrogen) atoms. The minimum atomic E-state index is 0.518. The van der Waals surface area contributed by atoms with E-state index in [4.69, 9.17) is 0 Å². The van der Waals surface area contributed by atoms with Crippen molar-refractivity contribution in [3.63, 3.8) is 0 Å². The molecule has 0 spiro atoms. The summed E-state index contributed by atoms with van der Waals surface area (Å²) in [7, 11) is 2.05. The summed E-state index contributed by atoms with van der Waals surface area (Å²) in [6.07, 6.45) is 7.28. The van der Waals surface area contributed by atoms with Crippen LogP contribution in [0.3, 0.4) is 0 Å². The van der Waals surface area contributed by atoms with E-state index in [2.05, 4.69) is 65.5 Å². The maximum absolute atomic E-state index is 4.49. The van der Waals surface area contributed by atoms with E-state index >= 15 is 0 Å². The highest BCUT2D eigenvalue weighted by Gasteiger charge is 2.10. The van der Waals surface area contributed by atoms with E-state index in [9.17, 15) is 0 Å². The zero-order valence-electron chi connectivity index (χ0n) is 12.6. The Bertz CT molecular complexity index is 999. The first-order valence-electron chi connectivity index (χ1n) is 7.07. The molecule has 0 saturated carbocycles. The van der Waals surface area contributed by atoms with Gasteiger partial charge in [-0.15, -0.1) is 5.10 Å². The van der Waals surface area contributed by atoms with E-state index in [0.717, 1.165) is 11.1 Å². The van der Waals surface area contributed by atoms with Gasteiger partial charge in [0.2, 0.25) is 0 Å². The summed E-state index contributed by atoms with van der Waals surface area (Å²) in [6.45, 7) is 1.95. The highest BCUT2D eigenvalue weighted by Crippen LogP contribution is 2.26. The molecule has 0 saturated heterocycles. The summed E-state index contributed by atoms with van der Waals surface area (Å²) in [4.78, 5) is 12.9. The number of fused-ring (bicyclic) bond motifs is 1. The number of aryl methyl sites for hydroxylation is 2. The Kier molecular flexibility index (Phi) is 3.37. The van der Waals surface area contributed by atoms with E-state index < -0.39 is 0 Å². The second-order valence-electron chi connectivity index (χ2n) is 5.39. The predicted molar refractivity (Wildman–Crippen MR) is 96.3 cm³/mol. The molecule has 0 unspecified atom stereocenters. The molecule has 0 radical (unpaired) electrons. The van der Waals surface area contributed by atoms with E-state index in [-0.39, 0.29) is 0 Å². The van der Waals surface area contributed by atoms with E-state index in [1.54, 1.807) is 23.4 Å². The van der Waals surface area contributed by atoms with Gasteiger partial charge in [0.05, 0.1) is 0 Å².